The lowest BCUT2D eigenvalue weighted by Gasteiger charge is -2.04. The summed E-state index contributed by atoms with van der Waals surface area (Å²) in [6.07, 6.45) is 0. The van der Waals surface area contributed by atoms with E-state index in [0.717, 1.165) is 6.07 Å². The van der Waals surface area contributed by atoms with Crippen molar-refractivity contribution in [3.63, 3.8) is 0 Å². The molecular weight excluding hydrogens is 189 g/mol. The van der Waals surface area contributed by atoms with E-state index >= 15 is 0 Å². The number of amides is 1. The molecule has 1 aromatic rings. The van der Waals surface area contributed by atoms with Crippen LogP contribution >= 0.6 is 0 Å². The van der Waals surface area contributed by atoms with Crippen molar-refractivity contribution < 1.29 is 18.8 Å². The molecule has 0 saturated heterocycles. The minimum Gasteiger partial charge on any atom is -0.497 e. The number of hydrogen-bond donors (Lipinski definition) is 1. The predicted molar refractivity (Wildman–Crippen MR) is 47.4 cm³/mol. The summed E-state index contributed by atoms with van der Waals surface area (Å²) in [6.45, 7) is 0. The van der Waals surface area contributed by atoms with Crippen LogP contribution < -0.4 is 10.2 Å². The summed E-state index contributed by atoms with van der Waals surface area (Å²) >= 11 is 0. The van der Waals surface area contributed by atoms with Crippen LogP contribution in [-0.4, -0.2) is 20.1 Å². The summed E-state index contributed by atoms with van der Waals surface area (Å²) in [5.74, 6) is -0.928. The highest BCUT2D eigenvalue weighted by Gasteiger charge is 2.11. The maximum atomic E-state index is 13.2. The van der Waals surface area contributed by atoms with Crippen LogP contribution in [0.5, 0.6) is 5.75 Å². The first-order valence-electron chi connectivity index (χ1n) is 3.86. The molecule has 14 heavy (non-hydrogen) atoms. The monoisotopic (exact) mass is 199 g/mol. The Morgan fingerprint density at radius 3 is 2.64 bits per heavy atom. The van der Waals surface area contributed by atoms with Crippen molar-refractivity contribution >= 4 is 5.91 Å². The van der Waals surface area contributed by atoms with E-state index in [0.29, 0.717) is 5.75 Å². The lowest BCUT2D eigenvalue weighted by Crippen LogP contribution is -2.22. The Balaban J connectivity index is 2.94. The fourth-order valence-electron chi connectivity index (χ4n) is 0.955. The van der Waals surface area contributed by atoms with Gasteiger partial charge in [-0.2, -0.15) is 0 Å². The number of methoxy groups -OCH3 is 1. The van der Waals surface area contributed by atoms with Gasteiger partial charge in [-0.3, -0.25) is 9.63 Å². The fraction of sp³-hybridized carbons (Fsp3) is 0.222. The van der Waals surface area contributed by atoms with Crippen molar-refractivity contribution in [3.05, 3.63) is 29.6 Å². The largest absolute Gasteiger partial charge is 0.497 e. The minimum absolute atomic E-state index is 0.0901. The molecule has 0 unspecified atom stereocenters. The number of benzene rings is 1. The number of hydrogen-bond acceptors (Lipinski definition) is 3. The number of carbonyl (C=O) groups excluding carboxylic acids is 1. The maximum Gasteiger partial charge on any atom is 0.277 e. The lowest BCUT2D eigenvalue weighted by molar-refractivity contribution is 0.0533. The van der Waals surface area contributed by atoms with Crippen LogP contribution in [0.3, 0.4) is 0 Å². The van der Waals surface area contributed by atoms with Gasteiger partial charge in [-0.15, -0.1) is 0 Å². The summed E-state index contributed by atoms with van der Waals surface area (Å²) in [6, 6.07) is 3.95. The SMILES string of the molecule is CONC(=O)c1ccc(OC)cc1F. The zero-order valence-corrected chi connectivity index (χ0v) is 7.83. The molecule has 1 aromatic carbocycles. The van der Waals surface area contributed by atoms with Gasteiger partial charge in [0.05, 0.1) is 19.8 Å². The van der Waals surface area contributed by atoms with Gasteiger partial charge in [0.25, 0.3) is 5.91 Å². The van der Waals surface area contributed by atoms with E-state index in [9.17, 15) is 9.18 Å². The van der Waals surface area contributed by atoms with Crippen molar-refractivity contribution in [2.45, 2.75) is 0 Å². The Kier molecular flexibility index (Phi) is 3.41. The fourth-order valence-corrected chi connectivity index (χ4v) is 0.955. The minimum atomic E-state index is -0.654. The van der Waals surface area contributed by atoms with E-state index in [1.54, 1.807) is 0 Å². The third kappa shape index (κ3) is 2.20. The first kappa shape index (κ1) is 10.5. The highest BCUT2D eigenvalue weighted by atomic mass is 19.1. The van der Waals surface area contributed by atoms with Crippen LogP contribution in [-0.2, 0) is 4.84 Å². The molecule has 0 heterocycles. The molecule has 0 aliphatic carbocycles. The molecule has 0 saturated carbocycles. The molecule has 0 aromatic heterocycles. The molecule has 1 amide bonds. The molecule has 0 bridgehead atoms. The van der Waals surface area contributed by atoms with Crippen LogP contribution in [0.2, 0.25) is 0 Å². The number of nitrogens with one attached hydrogen (secondary N) is 1. The Morgan fingerprint density at radius 1 is 1.43 bits per heavy atom. The lowest BCUT2D eigenvalue weighted by atomic mass is 10.2. The van der Waals surface area contributed by atoms with Crippen molar-refractivity contribution in [2.24, 2.45) is 0 Å². The van der Waals surface area contributed by atoms with Crippen molar-refractivity contribution in [1.29, 1.82) is 0 Å². The third-order valence-corrected chi connectivity index (χ3v) is 1.62. The molecule has 1 rings (SSSR count). The van der Waals surface area contributed by atoms with Crippen molar-refractivity contribution in [3.8, 4) is 5.75 Å². The Hall–Kier alpha value is -1.62. The molecule has 0 spiro atoms. The smallest absolute Gasteiger partial charge is 0.277 e. The molecule has 0 atom stereocenters. The zero-order chi connectivity index (χ0) is 10.6. The van der Waals surface area contributed by atoms with E-state index < -0.39 is 11.7 Å². The summed E-state index contributed by atoms with van der Waals surface area (Å²) in [4.78, 5) is 15.5. The van der Waals surface area contributed by atoms with Gasteiger partial charge in [0.1, 0.15) is 11.6 Å². The molecule has 4 nitrogen and oxygen atoms in total. The number of halogens is 1. The normalized spacial score (nSPS) is 9.64. The van der Waals surface area contributed by atoms with Crippen LogP contribution in [0.15, 0.2) is 18.2 Å². The second-order valence-corrected chi connectivity index (χ2v) is 2.48. The van der Waals surface area contributed by atoms with E-state index in [1.807, 2.05) is 5.48 Å². The number of ether oxygens (including phenoxy) is 1. The van der Waals surface area contributed by atoms with Crippen molar-refractivity contribution in [2.75, 3.05) is 14.2 Å². The van der Waals surface area contributed by atoms with Crippen molar-refractivity contribution in [1.82, 2.24) is 5.48 Å². The standard InChI is InChI=1S/C9H10FNO3/c1-13-6-3-4-7(8(10)5-6)9(12)11-14-2/h3-5H,1-2H3,(H,11,12). The van der Waals surface area contributed by atoms with Gasteiger partial charge < -0.3 is 4.74 Å². The maximum absolute atomic E-state index is 13.2. The van der Waals surface area contributed by atoms with Crippen LogP contribution in [0.4, 0.5) is 4.39 Å². The Morgan fingerprint density at radius 2 is 2.14 bits per heavy atom. The topological polar surface area (TPSA) is 47.6 Å². The first-order chi connectivity index (χ1) is 6.69. The number of carbonyl (C=O) groups is 1. The highest BCUT2D eigenvalue weighted by molar-refractivity contribution is 5.93. The molecule has 0 aliphatic heterocycles. The van der Waals surface area contributed by atoms with E-state index in [-0.39, 0.29) is 5.56 Å². The van der Waals surface area contributed by atoms with E-state index in [4.69, 9.17) is 4.74 Å². The van der Waals surface area contributed by atoms with Gasteiger partial charge in [-0.1, -0.05) is 0 Å². The average molecular weight is 199 g/mol. The average Bonchev–Trinajstić information content (AvgIpc) is 2.17. The molecule has 0 aliphatic rings. The van der Waals surface area contributed by atoms with Gasteiger partial charge in [0, 0.05) is 6.07 Å². The summed E-state index contributed by atoms with van der Waals surface area (Å²) < 4.78 is 18.0. The Bertz CT molecular complexity index is 341. The van der Waals surface area contributed by atoms with E-state index in [2.05, 4.69) is 4.84 Å². The third-order valence-electron chi connectivity index (χ3n) is 1.62. The summed E-state index contributed by atoms with van der Waals surface area (Å²) in [5.41, 5.74) is 1.93. The van der Waals surface area contributed by atoms with Crippen LogP contribution in [0.1, 0.15) is 10.4 Å². The van der Waals surface area contributed by atoms with Gasteiger partial charge >= 0.3 is 0 Å². The number of hydroxylamine groups is 1. The molecule has 0 radical (unpaired) electrons. The predicted octanol–water partition coefficient (Wildman–Crippen LogP) is 1.13. The molecule has 76 valence electrons. The highest BCUT2D eigenvalue weighted by Crippen LogP contribution is 2.15. The van der Waals surface area contributed by atoms with E-state index in [1.165, 1.54) is 26.4 Å². The molecular formula is C9H10FNO3. The Labute approximate surface area is 80.6 Å². The van der Waals surface area contributed by atoms with Crippen LogP contribution in [0.25, 0.3) is 0 Å². The van der Waals surface area contributed by atoms with Gasteiger partial charge in [-0.05, 0) is 12.1 Å². The van der Waals surface area contributed by atoms with Gasteiger partial charge in [-0.25, -0.2) is 9.87 Å². The molecule has 0 fully saturated rings. The number of rotatable bonds is 3. The first-order valence-corrected chi connectivity index (χ1v) is 3.86. The van der Waals surface area contributed by atoms with Gasteiger partial charge in [0.2, 0.25) is 0 Å². The molecule has 1 N–H and O–H groups in total. The van der Waals surface area contributed by atoms with Gasteiger partial charge in [0.15, 0.2) is 0 Å². The second kappa shape index (κ2) is 4.57. The summed E-state index contributed by atoms with van der Waals surface area (Å²) in [5, 5.41) is 0. The van der Waals surface area contributed by atoms with Crippen LogP contribution in [0, 0.1) is 5.82 Å². The summed E-state index contributed by atoms with van der Waals surface area (Å²) in [7, 11) is 2.70. The zero-order valence-electron chi connectivity index (χ0n) is 7.83. The molecule has 5 heteroatoms. The second-order valence-electron chi connectivity index (χ2n) is 2.48. The quantitative estimate of drug-likeness (QED) is 0.742.